The van der Waals surface area contributed by atoms with Crippen LogP contribution in [0.2, 0.25) is 0 Å². The maximum atomic E-state index is 9.98. The van der Waals surface area contributed by atoms with Gasteiger partial charge in [-0.15, -0.1) is 0 Å². The molecule has 9 heteroatoms. The first-order chi connectivity index (χ1) is 13.1. The number of nitrogens with zero attached hydrogens (tertiary/aromatic N) is 3. The van der Waals surface area contributed by atoms with Crippen molar-refractivity contribution in [2.45, 2.75) is 18.5 Å². The number of aromatic amines is 1. The van der Waals surface area contributed by atoms with E-state index in [0.29, 0.717) is 16.2 Å². The summed E-state index contributed by atoms with van der Waals surface area (Å²) in [5.74, 6) is 0.819. The highest BCUT2D eigenvalue weighted by Crippen LogP contribution is 2.30. The molecule has 7 nitrogen and oxygen atoms in total. The SMILES string of the molecule is Oc1ccc(Br)cc1/C=N/n1c(C2CC(c3ccccc3)NN2)n[nH]c1=S. The Hall–Kier alpha value is -2.33. The topological polar surface area (TPSA) is 90.3 Å². The number of benzene rings is 2. The fourth-order valence-corrected chi connectivity index (χ4v) is 3.58. The van der Waals surface area contributed by atoms with Crippen LogP contribution < -0.4 is 10.9 Å². The van der Waals surface area contributed by atoms with Crippen molar-refractivity contribution in [2.75, 3.05) is 0 Å². The van der Waals surface area contributed by atoms with E-state index in [0.717, 1.165) is 10.9 Å². The van der Waals surface area contributed by atoms with Gasteiger partial charge in [-0.25, -0.2) is 10.9 Å². The Morgan fingerprint density at radius 3 is 2.78 bits per heavy atom. The predicted octanol–water partition coefficient (Wildman–Crippen LogP) is 3.57. The van der Waals surface area contributed by atoms with E-state index < -0.39 is 0 Å². The van der Waals surface area contributed by atoms with E-state index in [9.17, 15) is 5.11 Å². The standard InChI is InChI=1S/C18H17BrN6OS/c19-13-6-7-16(26)12(8-13)10-20-25-17(23-24-18(25)27)15-9-14(21-22-15)11-4-2-1-3-5-11/h1-8,10,14-15,21-22,26H,9H2,(H,24,27)/b20-10+. The Balaban J connectivity index is 1.58. The molecule has 0 radical (unpaired) electrons. The first-order valence-electron chi connectivity index (χ1n) is 8.38. The van der Waals surface area contributed by atoms with Gasteiger partial charge in [0.05, 0.1) is 12.3 Å². The second-order valence-electron chi connectivity index (χ2n) is 6.19. The molecule has 1 aromatic heterocycles. The molecule has 4 N–H and O–H groups in total. The quantitative estimate of drug-likeness (QED) is 0.364. The Bertz CT molecular complexity index is 1030. The summed E-state index contributed by atoms with van der Waals surface area (Å²) in [4.78, 5) is 0. The first kappa shape index (κ1) is 18.1. The lowest BCUT2D eigenvalue weighted by atomic mass is 10.0. The number of phenolic OH excluding ortho intramolecular Hbond substituents is 1. The van der Waals surface area contributed by atoms with E-state index in [1.807, 2.05) is 18.2 Å². The summed E-state index contributed by atoms with van der Waals surface area (Å²) in [6.45, 7) is 0. The Morgan fingerprint density at radius 2 is 1.96 bits per heavy atom. The van der Waals surface area contributed by atoms with E-state index in [4.69, 9.17) is 12.2 Å². The summed E-state index contributed by atoms with van der Waals surface area (Å²) in [6.07, 6.45) is 2.37. The molecule has 2 unspecified atom stereocenters. The molecule has 2 heterocycles. The molecule has 0 spiro atoms. The molecule has 0 saturated carbocycles. The molecule has 1 aliphatic heterocycles. The summed E-state index contributed by atoms with van der Waals surface area (Å²) in [6, 6.07) is 15.5. The second kappa shape index (κ2) is 7.73. The molecule has 2 atom stereocenters. The van der Waals surface area contributed by atoms with Crippen LogP contribution in [0.25, 0.3) is 0 Å². The average Bonchev–Trinajstić information content (AvgIpc) is 3.30. The lowest BCUT2D eigenvalue weighted by molar-refractivity contribution is 0.474. The van der Waals surface area contributed by atoms with Gasteiger partial charge in [0.2, 0.25) is 4.77 Å². The Morgan fingerprint density at radius 1 is 1.19 bits per heavy atom. The van der Waals surface area contributed by atoms with E-state index in [-0.39, 0.29) is 17.8 Å². The molecule has 0 bridgehead atoms. The van der Waals surface area contributed by atoms with Gasteiger partial charge < -0.3 is 5.11 Å². The monoisotopic (exact) mass is 444 g/mol. The van der Waals surface area contributed by atoms with Gasteiger partial charge in [0.1, 0.15) is 5.75 Å². The molecule has 1 saturated heterocycles. The number of halogens is 1. The fourth-order valence-electron chi connectivity index (χ4n) is 3.02. The zero-order chi connectivity index (χ0) is 18.8. The molecule has 0 aliphatic carbocycles. The van der Waals surface area contributed by atoms with Crippen molar-refractivity contribution in [1.82, 2.24) is 25.7 Å². The summed E-state index contributed by atoms with van der Waals surface area (Å²) in [5.41, 5.74) is 8.35. The molecular formula is C18H17BrN6OS. The summed E-state index contributed by atoms with van der Waals surface area (Å²) < 4.78 is 2.81. The van der Waals surface area contributed by atoms with E-state index in [1.165, 1.54) is 5.56 Å². The largest absolute Gasteiger partial charge is 0.507 e. The van der Waals surface area contributed by atoms with Crippen molar-refractivity contribution >= 4 is 34.4 Å². The van der Waals surface area contributed by atoms with Crippen LogP contribution in [0.15, 0.2) is 58.1 Å². The Kier molecular flexibility index (Phi) is 5.17. The van der Waals surface area contributed by atoms with Crippen LogP contribution in [-0.4, -0.2) is 26.2 Å². The van der Waals surface area contributed by atoms with Crippen LogP contribution in [0.5, 0.6) is 5.75 Å². The van der Waals surface area contributed by atoms with Crippen LogP contribution in [0, 0.1) is 4.77 Å². The van der Waals surface area contributed by atoms with E-state index in [2.05, 4.69) is 54.2 Å². The summed E-state index contributed by atoms with van der Waals surface area (Å²) in [5, 5.41) is 21.5. The number of phenols is 1. The van der Waals surface area contributed by atoms with Gasteiger partial charge >= 0.3 is 0 Å². The van der Waals surface area contributed by atoms with Crippen molar-refractivity contribution in [1.29, 1.82) is 0 Å². The molecule has 1 aliphatic rings. The van der Waals surface area contributed by atoms with Gasteiger partial charge in [-0.2, -0.15) is 14.9 Å². The minimum Gasteiger partial charge on any atom is -0.507 e. The minimum absolute atomic E-state index is 0.0589. The average molecular weight is 445 g/mol. The number of H-pyrrole nitrogens is 1. The van der Waals surface area contributed by atoms with Gasteiger partial charge in [-0.1, -0.05) is 46.3 Å². The Labute approximate surface area is 169 Å². The van der Waals surface area contributed by atoms with Crippen LogP contribution in [0.1, 0.15) is 35.5 Å². The molecule has 0 amide bonds. The predicted molar refractivity (Wildman–Crippen MR) is 109 cm³/mol. The van der Waals surface area contributed by atoms with E-state index >= 15 is 0 Å². The molecule has 2 aromatic carbocycles. The number of nitrogens with one attached hydrogen (secondary N) is 3. The van der Waals surface area contributed by atoms with Crippen molar-refractivity contribution in [3.05, 3.63) is 74.7 Å². The highest BCUT2D eigenvalue weighted by atomic mass is 79.9. The lowest BCUT2D eigenvalue weighted by Crippen LogP contribution is -2.27. The van der Waals surface area contributed by atoms with Crippen LogP contribution in [-0.2, 0) is 0 Å². The maximum Gasteiger partial charge on any atom is 0.216 e. The van der Waals surface area contributed by atoms with Crippen LogP contribution in [0.4, 0.5) is 0 Å². The molecule has 1 fully saturated rings. The molecule has 4 rings (SSSR count). The highest BCUT2D eigenvalue weighted by Gasteiger charge is 2.29. The molecule has 138 valence electrons. The lowest BCUT2D eigenvalue weighted by Gasteiger charge is -2.09. The third-order valence-corrected chi connectivity index (χ3v) is 5.15. The number of hydrazine groups is 1. The van der Waals surface area contributed by atoms with Gasteiger partial charge in [0.15, 0.2) is 5.82 Å². The van der Waals surface area contributed by atoms with Crippen LogP contribution >= 0.6 is 28.1 Å². The third-order valence-electron chi connectivity index (χ3n) is 4.39. The van der Waals surface area contributed by atoms with Gasteiger partial charge in [-0.05, 0) is 42.4 Å². The van der Waals surface area contributed by atoms with Crippen molar-refractivity contribution in [3.8, 4) is 5.75 Å². The zero-order valence-corrected chi connectivity index (χ0v) is 16.5. The third kappa shape index (κ3) is 3.86. The first-order valence-corrected chi connectivity index (χ1v) is 9.58. The molecule has 3 aromatic rings. The van der Waals surface area contributed by atoms with Crippen molar-refractivity contribution in [2.24, 2.45) is 5.10 Å². The smallest absolute Gasteiger partial charge is 0.216 e. The molecular weight excluding hydrogens is 428 g/mol. The van der Waals surface area contributed by atoms with Gasteiger partial charge in [-0.3, -0.25) is 5.10 Å². The highest BCUT2D eigenvalue weighted by molar-refractivity contribution is 9.10. The number of hydrogen-bond donors (Lipinski definition) is 4. The van der Waals surface area contributed by atoms with Gasteiger partial charge in [0, 0.05) is 16.1 Å². The van der Waals surface area contributed by atoms with Gasteiger partial charge in [0.25, 0.3) is 0 Å². The van der Waals surface area contributed by atoms with Crippen molar-refractivity contribution < 1.29 is 5.11 Å². The second-order valence-corrected chi connectivity index (χ2v) is 7.49. The summed E-state index contributed by atoms with van der Waals surface area (Å²) in [7, 11) is 0. The fraction of sp³-hybridized carbons (Fsp3) is 0.167. The minimum atomic E-state index is -0.0589. The number of hydrogen-bond acceptors (Lipinski definition) is 6. The normalized spacial score (nSPS) is 19.7. The van der Waals surface area contributed by atoms with Crippen molar-refractivity contribution in [3.63, 3.8) is 0 Å². The number of aromatic hydroxyl groups is 1. The molecule has 27 heavy (non-hydrogen) atoms. The number of aromatic nitrogens is 3. The van der Waals surface area contributed by atoms with E-state index in [1.54, 1.807) is 29.1 Å². The number of rotatable bonds is 4. The summed E-state index contributed by atoms with van der Waals surface area (Å²) >= 11 is 8.71. The van der Waals surface area contributed by atoms with Crippen LogP contribution in [0.3, 0.4) is 0 Å². The maximum absolute atomic E-state index is 9.98. The zero-order valence-electron chi connectivity index (χ0n) is 14.1.